The van der Waals surface area contributed by atoms with Crippen LogP contribution in [0, 0.1) is 5.92 Å². The van der Waals surface area contributed by atoms with E-state index >= 15 is 0 Å². The Kier molecular flexibility index (Phi) is 5.52. The molecule has 1 aromatic rings. The quantitative estimate of drug-likeness (QED) is 0.733. The fraction of sp³-hybridized carbons (Fsp3) is 0.417. The lowest BCUT2D eigenvalue weighted by Crippen LogP contribution is -2.38. The maximum Gasteiger partial charge on any atom is 0.337 e. The smallest absolute Gasteiger partial charge is 0.337 e. The first-order chi connectivity index (χ1) is 9.19. The van der Waals surface area contributed by atoms with Gasteiger partial charge in [-0.05, 0) is 31.0 Å². The first-order valence-electron chi connectivity index (χ1n) is 5.85. The molecule has 0 amide bonds. The molecule has 0 saturated heterocycles. The van der Waals surface area contributed by atoms with Gasteiger partial charge in [0.2, 0.25) is 10.0 Å². The first kappa shape index (κ1) is 16.9. The van der Waals surface area contributed by atoms with Crippen LogP contribution in [-0.4, -0.2) is 37.2 Å². The summed E-state index contributed by atoms with van der Waals surface area (Å²) in [6.07, 6.45) is 0. The van der Waals surface area contributed by atoms with Gasteiger partial charge in [-0.3, -0.25) is 0 Å². The van der Waals surface area contributed by atoms with Crippen LogP contribution in [-0.2, 0) is 10.0 Å². The zero-order valence-electron chi connectivity index (χ0n) is 11.0. The first-order valence-corrected chi connectivity index (χ1v) is 7.71. The fourth-order valence-electron chi connectivity index (χ4n) is 1.42. The third-order valence-electron chi connectivity index (χ3n) is 2.96. The predicted molar refractivity (Wildman–Crippen MR) is 74.4 cm³/mol. The van der Waals surface area contributed by atoms with E-state index in [9.17, 15) is 13.2 Å². The van der Waals surface area contributed by atoms with Crippen LogP contribution < -0.4 is 4.72 Å². The lowest BCUT2D eigenvalue weighted by Gasteiger charge is -2.19. The molecule has 0 heterocycles. The van der Waals surface area contributed by atoms with Crippen molar-refractivity contribution in [1.82, 2.24) is 4.72 Å². The number of aliphatic hydroxyl groups is 1. The fourth-order valence-corrected chi connectivity index (χ4v) is 3.13. The van der Waals surface area contributed by atoms with Gasteiger partial charge in [0.25, 0.3) is 0 Å². The van der Waals surface area contributed by atoms with E-state index in [4.69, 9.17) is 21.8 Å². The number of aliphatic hydroxyl groups excluding tert-OH is 1. The number of aromatic carboxylic acids is 1. The van der Waals surface area contributed by atoms with Crippen molar-refractivity contribution in [3.05, 3.63) is 28.8 Å². The van der Waals surface area contributed by atoms with Crippen LogP contribution in [0.25, 0.3) is 0 Å². The Morgan fingerprint density at radius 3 is 2.45 bits per heavy atom. The van der Waals surface area contributed by atoms with Gasteiger partial charge < -0.3 is 10.2 Å². The van der Waals surface area contributed by atoms with E-state index < -0.39 is 22.0 Å². The summed E-state index contributed by atoms with van der Waals surface area (Å²) < 4.78 is 26.6. The lowest BCUT2D eigenvalue weighted by atomic mass is 10.1. The number of nitrogens with one attached hydrogen (secondary N) is 1. The van der Waals surface area contributed by atoms with E-state index in [0.29, 0.717) is 0 Å². The van der Waals surface area contributed by atoms with E-state index in [1.54, 1.807) is 13.8 Å². The molecule has 20 heavy (non-hydrogen) atoms. The van der Waals surface area contributed by atoms with Crippen LogP contribution in [0.1, 0.15) is 24.2 Å². The van der Waals surface area contributed by atoms with Gasteiger partial charge in [0, 0.05) is 12.6 Å². The Morgan fingerprint density at radius 1 is 1.40 bits per heavy atom. The molecule has 1 rings (SSSR count). The maximum atomic E-state index is 12.1. The molecule has 3 N–H and O–H groups in total. The number of hydrogen-bond acceptors (Lipinski definition) is 4. The minimum atomic E-state index is -3.82. The van der Waals surface area contributed by atoms with E-state index in [0.717, 1.165) is 12.1 Å². The number of sulfonamides is 1. The molecule has 8 heteroatoms. The van der Waals surface area contributed by atoms with Gasteiger partial charge >= 0.3 is 5.97 Å². The molecule has 0 bridgehead atoms. The Bertz CT molecular complexity index is 602. The summed E-state index contributed by atoms with van der Waals surface area (Å²) in [6.45, 7) is 3.18. The largest absolute Gasteiger partial charge is 0.478 e. The average Bonchev–Trinajstić information content (AvgIpc) is 2.36. The van der Waals surface area contributed by atoms with Gasteiger partial charge in [0.05, 0.1) is 15.5 Å². The van der Waals surface area contributed by atoms with Crippen molar-refractivity contribution in [3.63, 3.8) is 0 Å². The summed E-state index contributed by atoms with van der Waals surface area (Å²) in [5, 5.41) is 17.7. The van der Waals surface area contributed by atoms with Crippen molar-refractivity contribution in [2.75, 3.05) is 6.61 Å². The molecular weight excluding hydrogens is 306 g/mol. The maximum absolute atomic E-state index is 12.1. The number of carbonyl (C=O) groups is 1. The zero-order valence-corrected chi connectivity index (χ0v) is 12.6. The molecule has 0 aromatic heterocycles. The molecule has 0 spiro atoms. The number of rotatable bonds is 6. The van der Waals surface area contributed by atoms with Crippen LogP contribution in [0.15, 0.2) is 23.1 Å². The van der Waals surface area contributed by atoms with Crippen molar-refractivity contribution >= 4 is 27.6 Å². The summed E-state index contributed by atoms with van der Waals surface area (Å²) in [5.41, 5.74) is -0.164. The lowest BCUT2D eigenvalue weighted by molar-refractivity contribution is 0.0697. The van der Waals surface area contributed by atoms with E-state index in [1.165, 1.54) is 6.07 Å². The molecule has 0 aliphatic rings. The zero-order chi connectivity index (χ0) is 15.5. The molecule has 112 valence electrons. The Hall–Kier alpha value is -1.15. The monoisotopic (exact) mass is 321 g/mol. The highest BCUT2D eigenvalue weighted by Crippen LogP contribution is 2.21. The highest BCUT2D eigenvalue weighted by atomic mass is 35.5. The van der Waals surface area contributed by atoms with Gasteiger partial charge in [-0.1, -0.05) is 18.5 Å². The normalized spacial score (nSPS) is 14.8. The molecule has 1 aromatic carbocycles. The van der Waals surface area contributed by atoms with Gasteiger partial charge in [0.1, 0.15) is 0 Å². The average molecular weight is 322 g/mol. The molecular formula is C12H16ClNO5S. The number of benzene rings is 1. The number of carboxylic acid groups (broad SMARTS) is 1. The van der Waals surface area contributed by atoms with Crippen LogP contribution in [0.3, 0.4) is 0 Å². The Balaban J connectivity index is 3.05. The van der Waals surface area contributed by atoms with Crippen LogP contribution >= 0.6 is 11.6 Å². The number of carboxylic acids is 1. The summed E-state index contributed by atoms with van der Waals surface area (Å²) in [4.78, 5) is 10.7. The summed E-state index contributed by atoms with van der Waals surface area (Å²) in [5.74, 6) is -1.48. The summed E-state index contributed by atoms with van der Waals surface area (Å²) in [6, 6.07) is 2.93. The highest BCUT2D eigenvalue weighted by Gasteiger charge is 2.22. The molecule has 0 aliphatic carbocycles. The summed E-state index contributed by atoms with van der Waals surface area (Å²) in [7, 11) is -3.82. The van der Waals surface area contributed by atoms with Crippen LogP contribution in [0.4, 0.5) is 0 Å². The second kappa shape index (κ2) is 6.53. The summed E-state index contributed by atoms with van der Waals surface area (Å²) >= 11 is 5.74. The second-order valence-electron chi connectivity index (χ2n) is 4.52. The standard InChI is InChI=1S/C12H16ClNO5S/c1-7(6-15)8(2)14-20(18,19)9-3-4-10(12(16)17)11(13)5-9/h3-5,7-8,14-15H,6H2,1-2H3,(H,16,17). The molecule has 2 unspecified atom stereocenters. The number of halogens is 1. The Labute approximate surface area is 122 Å². The molecule has 2 atom stereocenters. The SMILES string of the molecule is CC(CO)C(C)NS(=O)(=O)c1ccc(C(=O)O)c(Cl)c1. The molecule has 0 radical (unpaired) electrons. The second-order valence-corrected chi connectivity index (χ2v) is 6.64. The third kappa shape index (κ3) is 3.92. The van der Waals surface area contributed by atoms with Gasteiger partial charge in [-0.15, -0.1) is 0 Å². The third-order valence-corrected chi connectivity index (χ3v) is 4.83. The molecule has 0 fully saturated rings. The number of hydrogen-bond donors (Lipinski definition) is 3. The molecule has 0 aliphatic heterocycles. The van der Waals surface area contributed by atoms with Crippen molar-refractivity contribution in [2.24, 2.45) is 5.92 Å². The van der Waals surface area contributed by atoms with Crippen molar-refractivity contribution in [2.45, 2.75) is 24.8 Å². The van der Waals surface area contributed by atoms with Gasteiger partial charge in [-0.2, -0.15) is 0 Å². The minimum absolute atomic E-state index is 0.121. The van der Waals surface area contributed by atoms with Gasteiger partial charge in [-0.25, -0.2) is 17.9 Å². The van der Waals surface area contributed by atoms with Crippen LogP contribution in [0.5, 0.6) is 0 Å². The van der Waals surface area contributed by atoms with Gasteiger partial charge in [0.15, 0.2) is 0 Å². The Morgan fingerprint density at radius 2 is 2.00 bits per heavy atom. The highest BCUT2D eigenvalue weighted by molar-refractivity contribution is 7.89. The van der Waals surface area contributed by atoms with E-state index in [-0.39, 0.29) is 28.0 Å². The van der Waals surface area contributed by atoms with E-state index in [2.05, 4.69) is 4.72 Å². The van der Waals surface area contributed by atoms with Crippen molar-refractivity contribution in [1.29, 1.82) is 0 Å². The molecule has 6 nitrogen and oxygen atoms in total. The predicted octanol–water partition coefficient (Wildman–Crippen LogP) is 1.33. The van der Waals surface area contributed by atoms with E-state index in [1.807, 2.05) is 0 Å². The molecule has 0 saturated carbocycles. The van der Waals surface area contributed by atoms with Crippen molar-refractivity contribution in [3.8, 4) is 0 Å². The van der Waals surface area contributed by atoms with Crippen molar-refractivity contribution < 1.29 is 23.4 Å². The van der Waals surface area contributed by atoms with Crippen LogP contribution in [0.2, 0.25) is 5.02 Å². The minimum Gasteiger partial charge on any atom is -0.478 e. The topological polar surface area (TPSA) is 104 Å².